The van der Waals surface area contributed by atoms with E-state index in [2.05, 4.69) is 15.3 Å². The van der Waals surface area contributed by atoms with Gasteiger partial charge in [-0.1, -0.05) is 48.5 Å². The molecule has 33 heavy (non-hydrogen) atoms. The number of carbonyl (C=O) groups is 1. The second-order valence-electron chi connectivity index (χ2n) is 7.99. The minimum Gasteiger partial charge on any atom is -0.338 e. The average Bonchev–Trinajstić information content (AvgIpc) is 3.17. The number of aryl methyl sites for hydroxylation is 3. The molecule has 4 rings (SSSR count). The van der Waals surface area contributed by atoms with E-state index in [9.17, 15) is 10.1 Å². The number of guanidine groups is 1. The molecule has 2 heterocycles. The molecule has 1 aliphatic rings. The van der Waals surface area contributed by atoms with Gasteiger partial charge in [-0.2, -0.15) is 5.26 Å². The Balaban J connectivity index is 1.64. The van der Waals surface area contributed by atoms with Gasteiger partial charge in [0.25, 0.3) is 5.91 Å². The monoisotopic (exact) mass is 458 g/mol. The molecule has 0 spiro atoms. The zero-order valence-electron chi connectivity index (χ0n) is 18.9. The van der Waals surface area contributed by atoms with Crippen LogP contribution in [-0.2, 0) is 0 Å². The summed E-state index contributed by atoms with van der Waals surface area (Å²) in [5, 5.41) is 13.6. The molecule has 0 radical (unpaired) electrons. The number of aliphatic imine (C=N–C) groups is 1. The second-order valence-corrected chi connectivity index (χ2v) is 9.20. The van der Waals surface area contributed by atoms with Gasteiger partial charge in [0.15, 0.2) is 0 Å². The summed E-state index contributed by atoms with van der Waals surface area (Å²) in [6.07, 6.45) is 1.93. The number of rotatable bonds is 3. The van der Waals surface area contributed by atoms with Crippen LogP contribution in [0, 0.1) is 32.2 Å². The molecule has 1 saturated heterocycles. The van der Waals surface area contributed by atoms with Gasteiger partial charge in [0, 0.05) is 25.3 Å². The highest BCUT2D eigenvalue weighted by atomic mass is 32.1. The highest BCUT2D eigenvalue weighted by molar-refractivity contribution is 7.13. The first kappa shape index (κ1) is 22.5. The predicted molar refractivity (Wildman–Crippen MR) is 131 cm³/mol. The van der Waals surface area contributed by atoms with E-state index >= 15 is 0 Å². The van der Waals surface area contributed by atoms with Gasteiger partial charge in [0.1, 0.15) is 4.88 Å². The Labute approximate surface area is 198 Å². The standard InChI is InChI=1S/C25H26N6OS/c1-17-9-7-8-12-21(17)29-25(27-16-26)30-13-14-31(22(15-30)20-10-5-4-6-11-20)24(32)23-18(2)28-19(3)33-23/h4-12,22H,13-15H2,1-3H3,(H,27,29). The summed E-state index contributed by atoms with van der Waals surface area (Å²) in [7, 11) is 0. The van der Waals surface area contributed by atoms with Gasteiger partial charge in [-0.25, -0.2) is 4.98 Å². The van der Waals surface area contributed by atoms with Gasteiger partial charge in [0.2, 0.25) is 12.2 Å². The Morgan fingerprint density at radius 2 is 1.85 bits per heavy atom. The third-order valence-corrected chi connectivity index (χ3v) is 6.83. The van der Waals surface area contributed by atoms with Crippen molar-refractivity contribution in [1.29, 1.82) is 5.26 Å². The van der Waals surface area contributed by atoms with Crippen molar-refractivity contribution in [2.24, 2.45) is 4.99 Å². The first-order valence-corrected chi connectivity index (χ1v) is 11.6. The number of nitrogens with one attached hydrogen (secondary N) is 1. The molecule has 8 heteroatoms. The maximum atomic E-state index is 13.5. The molecule has 1 unspecified atom stereocenters. The van der Waals surface area contributed by atoms with Gasteiger partial charge in [0.05, 0.1) is 16.7 Å². The van der Waals surface area contributed by atoms with Crippen LogP contribution in [-0.4, -0.2) is 46.3 Å². The summed E-state index contributed by atoms with van der Waals surface area (Å²) < 4.78 is 0. The lowest BCUT2D eigenvalue weighted by atomic mass is 10.0. The van der Waals surface area contributed by atoms with E-state index in [0.29, 0.717) is 30.5 Å². The van der Waals surface area contributed by atoms with E-state index in [4.69, 9.17) is 0 Å². The van der Waals surface area contributed by atoms with E-state index in [1.807, 2.05) is 91.4 Å². The summed E-state index contributed by atoms with van der Waals surface area (Å²) in [6, 6.07) is 17.7. The average molecular weight is 459 g/mol. The molecule has 3 aromatic rings. The molecule has 168 valence electrons. The molecular formula is C25H26N6OS. The number of nitriles is 1. The van der Waals surface area contributed by atoms with E-state index < -0.39 is 0 Å². The summed E-state index contributed by atoms with van der Waals surface area (Å²) in [5.41, 5.74) is 3.77. The third kappa shape index (κ3) is 4.89. The molecule has 2 aromatic carbocycles. The lowest BCUT2D eigenvalue weighted by molar-refractivity contribution is 0.0554. The number of thiazole rings is 1. The molecule has 0 aliphatic carbocycles. The normalized spacial score (nSPS) is 16.4. The van der Waals surface area contributed by atoms with Crippen molar-refractivity contribution in [2.45, 2.75) is 26.8 Å². The number of hydrogen-bond acceptors (Lipinski definition) is 5. The lowest BCUT2D eigenvalue weighted by Gasteiger charge is -2.42. The van der Waals surface area contributed by atoms with Crippen LogP contribution in [0.25, 0.3) is 0 Å². The van der Waals surface area contributed by atoms with E-state index in [1.54, 1.807) is 0 Å². The quantitative estimate of drug-likeness (QED) is 0.354. The fourth-order valence-corrected chi connectivity index (χ4v) is 4.97. The number of nitrogens with zero attached hydrogens (tertiary/aromatic N) is 5. The van der Waals surface area contributed by atoms with Gasteiger partial charge in [-0.15, -0.1) is 16.3 Å². The largest absolute Gasteiger partial charge is 0.338 e. The number of aromatic nitrogens is 1. The van der Waals surface area contributed by atoms with Crippen molar-refractivity contribution in [3.8, 4) is 6.19 Å². The molecule has 1 atom stereocenters. The van der Waals surface area contributed by atoms with Gasteiger partial charge in [-0.05, 0) is 38.0 Å². The fraction of sp³-hybridized carbons (Fsp3) is 0.280. The Morgan fingerprint density at radius 1 is 1.12 bits per heavy atom. The van der Waals surface area contributed by atoms with Crippen LogP contribution >= 0.6 is 11.3 Å². The Morgan fingerprint density at radius 3 is 2.52 bits per heavy atom. The first-order chi connectivity index (χ1) is 16.0. The number of anilines is 1. The third-order valence-electron chi connectivity index (χ3n) is 5.77. The first-order valence-electron chi connectivity index (χ1n) is 10.8. The molecule has 1 amide bonds. The molecule has 1 fully saturated rings. The van der Waals surface area contributed by atoms with E-state index in [-0.39, 0.29) is 11.9 Å². The van der Waals surface area contributed by atoms with Crippen LogP contribution in [0.2, 0.25) is 0 Å². The van der Waals surface area contributed by atoms with Gasteiger partial charge in [-0.3, -0.25) is 4.79 Å². The Bertz CT molecular complexity index is 1210. The molecule has 1 N–H and O–H groups in total. The summed E-state index contributed by atoms with van der Waals surface area (Å²) >= 11 is 1.44. The number of amides is 1. The fourth-order valence-electron chi connectivity index (χ4n) is 4.10. The van der Waals surface area contributed by atoms with Crippen LogP contribution in [0.5, 0.6) is 0 Å². The molecule has 1 aliphatic heterocycles. The number of para-hydroxylation sites is 1. The zero-order chi connectivity index (χ0) is 23.4. The highest BCUT2D eigenvalue weighted by Crippen LogP contribution is 2.30. The van der Waals surface area contributed by atoms with Crippen molar-refractivity contribution in [1.82, 2.24) is 14.8 Å². The SMILES string of the molecule is Cc1nc(C)c(C(=O)N2CCN(/C(=N\C#N)Nc3ccccc3C)CC2c2ccccc2)s1. The molecule has 1 aromatic heterocycles. The van der Waals surface area contributed by atoms with Crippen LogP contribution in [0.15, 0.2) is 59.6 Å². The second kappa shape index (κ2) is 9.84. The number of benzene rings is 2. The molecule has 7 nitrogen and oxygen atoms in total. The van der Waals surface area contributed by atoms with Crippen molar-refractivity contribution in [2.75, 3.05) is 25.0 Å². The minimum atomic E-state index is -0.184. The summed E-state index contributed by atoms with van der Waals surface area (Å²) in [5.74, 6) is 0.488. The van der Waals surface area contributed by atoms with Crippen LogP contribution in [0.3, 0.4) is 0 Å². The van der Waals surface area contributed by atoms with Crippen LogP contribution < -0.4 is 5.32 Å². The molecule has 0 saturated carbocycles. The van der Waals surface area contributed by atoms with Crippen LogP contribution in [0.1, 0.15) is 37.5 Å². The van der Waals surface area contributed by atoms with Crippen molar-refractivity contribution in [3.63, 3.8) is 0 Å². The van der Waals surface area contributed by atoms with Crippen molar-refractivity contribution >= 4 is 28.9 Å². The van der Waals surface area contributed by atoms with Crippen molar-refractivity contribution < 1.29 is 4.79 Å². The topological polar surface area (TPSA) is 84.6 Å². The van der Waals surface area contributed by atoms with Crippen molar-refractivity contribution in [3.05, 3.63) is 81.3 Å². The van der Waals surface area contributed by atoms with Gasteiger partial charge < -0.3 is 15.1 Å². The van der Waals surface area contributed by atoms with E-state index in [0.717, 1.165) is 27.5 Å². The number of piperazine rings is 1. The zero-order valence-corrected chi connectivity index (χ0v) is 19.8. The Kier molecular flexibility index (Phi) is 6.71. The van der Waals surface area contributed by atoms with Gasteiger partial charge >= 0.3 is 0 Å². The highest BCUT2D eigenvalue weighted by Gasteiger charge is 2.35. The lowest BCUT2D eigenvalue weighted by Crippen LogP contribution is -2.53. The maximum absolute atomic E-state index is 13.5. The summed E-state index contributed by atoms with van der Waals surface area (Å²) in [6.45, 7) is 7.40. The number of hydrogen-bond donors (Lipinski definition) is 1. The van der Waals surface area contributed by atoms with Crippen LogP contribution in [0.4, 0.5) is 5.69 Å². The number of carbonyl (C=O) groups excluding carboxylic acids is 1. The summed E-state index contributed by atoms with van der Waals surface area (Å²) in [4.78, 5) is 26.7. The Hall–Kier alpha value is -3.70. The maximum Gasteiger partial charge on any atom is 0.266 e. The molecular weight excluding hydrogens is 432 g/mol. The van der Waals surface area contributed by atoms with E-state index in [1.165, 1.54) is 11.3 Å². The smallest absolute Gasteiger partial charge is 0.266 e. The predicted octanol–water partition coefficient (Wildman–Crippen LogP) is 4.52. The minimum absolute atomic E-state index is 0.00256. The molecule has 0 bridgehead atoms.